The molecule has 2 nitrogen and oxygen atoms in total. The van der Waals surface area contributed by atoms with Crippen molar-refractivity contribution in [1.29, 1.82) is 0 Å². The monoisotopic (exact) mass is 197 g/mol. The molecule has 0 radical (unpaired) electrons. The van der Waals surface area contributed by atoms with Crippen molar-refractivity contribution >= 4 is 0 Å². The van der Waals surface area contributed by atoms with Crippen LogP contribution in [-0.2, 0) is 13.0 Å². The fraction of sp³-hybridized carbons (Fsp3) is 0.455. The summed E-state index contributed by atoms with van der Waals surface area (Å²) in [6.45, 7) is 3.48. The van der Waals surface area contributed by atoms with Gasteiger partial charge >= 0.3 is 0 Å². The van der Waals surface area contributed by atoms with Gasteiger partial charge in [-0.15, -0.1) is 0 Å². The summed E-state index contributed by atoms with van der Waals surface area (Å²) in [5.74, 6) is -0.238. The number of aryl methyl sites for hydroxylation is 1. The van der Waals surface area contributed by atoms with Gasteiger partial charge in [0.2, 0.25) is 0 Å². The van der Waals surface area contributed by atoms with Gasteiger partial charge in [-0.05, 0) is 43.0 Å². The molecular weight excluding hydrogens is 181 g/mol. The maximum atomic E-state index is 13.2. The van der Waals surface area contributed by atoms with Crippen LogP contribution in [0.4, 0.5) is 4.39 Å². The third kappa shape index (κ3) is 2.53. The molecule has 1 aromatic carbocycles. The molecule has 0 saturated heterocycles. The zero-order chi connectivity index (χ0) is 10.7. The fourth-order valence-electron chi connectivity index (χ4n) is 1.47. The maximum absolute atomic E-state index is 13.2. The van der Waals surface area contributed by atoms with Crippen LogP contribution < -0.4 is 5.73 Å². The number of halogens is 1. The highest BCUT2D eigenvalue weighted by molar-refractivity contribution is 5.32. The highest BCUT2D eigenvalue weighted by Crippen LogP contribution is 2.16. The molecule has 1 aromatic rings. The first-order valence-corrected chi connectivity index (χ1v) is 4.69. The minimum absolute atomic E-state index is 0.0255. The Bertz CT molecular complexity index is 323. The van der Waals surface area contributed by atoms with Crippen molar-refractivity contribution in [3.05, 3.63) is 34.6 Å². The van der Waals surface area contributed by atoms with Crippen LogP contribution in [0.25, 0.3) is 0 Å². The Morgan fingerprint density at radius 1 is 1.43 bits per heavy atom. The second-order valence-electron chi connectivity index (χ2n) is 3.71. The minimum Gasteiger partial charge on any atom is -0.392 e. The zero-order valence-corrected chi connectivity index (χ0v) is 8.55. The molecule has 3 N–H and O–H groups in total. The van der Waals surface area contributed by atoms with Gasteiger partial charge in [0.1, 0.15) is 5.82 Å². The maximum Gasteiger partial charge on any atom is 0.126 e. The van der Waals surface area contributed by atoms with Crippen molar-refractivity contribution in [2.75, 3.05) is 0 Å². The molecule has 14 heavy (non-hydrogen) atoms. The number of aliphatic hydroxyl groups excluding tert-OH is 1. The van der Waals surface area contributed by atoms with Gasteiger partial charge in [-0.2, -0.15) is 0 Å². The summed E-state index contributed by atoms with van der Waals surface area (Å²) in [4.78, 5) is 0. The molecule has 0 amide bonds. The van der Waals surface area contributed by atoms with E-state index >= 15 is 0 Å². The highest BCUT2D eigenvalue weighted by atomic mass is 19.1. The van der Waals surface area contributed by atoms with E-state index < -0.39 is 0 Å². The summed E-state index contributed by atoms with van der Waals surface area (Å²) < 4.78 is 13.2. The lowest BCUT2D eigenvalue weighted by Crippen LogP contribution is -2.19. The summed E-state index contributed by atoms with van der Waals surface area (Å²) in [6.07, 6.45) is 0.590. The molecule has 3 heteroatoms. The van der Waals surface area contributed by atoms with Gasteiger partial charge in [0.15, 0.2) is 0 Å². The molecule has 1 rings (SSSR count). The first kappa shape index (κ1) is 11.1. The summed E-state index contributed by atoms with van der Waals surface area (Å²) in [6, 6.07) is 3.11. The van der Waals surface area contributed by atoms with Crippen LogP contribution in [0.2, 0.25) is 0 Å². The summed E-state index contributed by atoms with van der Waals surface area (Å²) in [7, 11) is 0. The smallest absolute Gasteiger partial charge is 0.126 e. The molecule has 0 aliphatic carbocycles. The third-order valence-electron chi connectivity index (χ3n) is 2.19. The Kier molecular flexibility index (Phi) is 3.61. The minimum atomic E-state index is -0.238. The average molecular weight is 197 g/mol. The van der Waals surface area contributed by atoms with E-state index in [9.17, 15) is 4.39 Å². The number of hydrogen-bond donors (Lipinski definition) is 2. The average Bonchev–Trinajstić information content (AvgIpc) is 2.10. The molecule has 1 atom stereocenters. The predicted octanol–water partition coefficient (Wildman–Crippen LogP) is 1.52. The lowest BCUT2D eigenvalue weighted by Gasteiger charge is -2.11. The van der Waals surface area contributed by atoms with E-state index in [0.717, 1.165) is 11.1 Å². The van der Waals surface area contributed by atoms with Gasteiger partial charge in [0.05, 0.1) is 6.61 Å². The van der Waals surface area contributed by atoms with Gasteiger partial charge in [-0.3, -0.25) is 0 Å². The third-order valence-corrected chi connectivity index (χ3v) is 2.19. The first-order chi connectivity index (χ1) is 6.54. The van der Waals surface area contributed by atoms with E-state index in [1.54, 1.807) is 13.0 Å². The van der Waals surface area contributed by atoms with E-state index in [1.165, 1.54) is 6.07 Å². The quantitative estimate of drug-likeness (QED) is 0.771. The topological polar surface area (TPSA) is 46.2 Å². The number of aliphatic hydroxyl groups is 1. The number of hydrogen-bond acceptors (Lipinski definition) is 2. The largest absolute Gasteiger partial charge is 0.392 e. The molecule has 0 unspecified atom stereocenters. The predicted molar refractivity (Wildman–Crippen MR) is 54.4 cm³/mol. The number of rotatable bonds is 3. The molecule has 0 aromatic heterocycles. The summed E-state index contributed by atoms with van der Waals surface area (Å²) in [5, 5.41) is 9.08. The zero-order valence-electron chi connectivity index (χ0n) is 8.55. The van der Waals surface area contributed by atoms with Crippen molar-refractivity contribution in [3.63, 3.8) is 0 Å². The van der Waals surface area contributed by atoms with Crippen LogP contribution in [0.3, 0.4) is 0 Å². The highest BCUT2D eigenvalue weighted by Gasteiger charge is 2.08. The van der Waals surface area contributed by atoms with Gasteiger partial charge in [-0.1, -0.05) is 6.07 Å². The molecule has 78 valence electrons. The molecule has 0 bridgehead atoms. The van der Waals surface area contributed by atoms with Crippen LogP contribution in [0.1, 0.15) is 23.6 Å². The van der Waals surface area contributed by atoms with Gasteiger partial charge < -0.3 is 10.8 Å². The van der Waals surface area contributed by atoms with Crippen molar-refractivity contribution in [2.24, 2.45) is 5.73 Å². The van der Waals surface area contributed by atoms with Crippen LogP contribution in [0, 0.1) is 12.7 Å². The number of nitrogens with two attached hydrogens (primary N) is 1. The Morgan fingerprint density at radius 3 is 2.57 bits per heavy atom. The molecule has 0 aliphatic heterocycles. The Labute approximate surface area is 83.6 Å². The molecule has 0 aliphatic rings. The van der Waals surface area contributed by atoms with Crippen molar-refractivity contribution < 1.29 is 9.50 Å². The second-order valence-corrected chi connectivity index (χ2v) is 3.71. The Morgan fingerprint density at radius 2 is 2.07 bits per heavy atom. The molecule has 0 heterocycles. The van der Waals surface area contributed by atoms with E-state index in [4.69, 9.17) is 10.8 Å². The van der Waals surface area contributed by atoms with Crippen LogP contribution in [0.15, 0.2) is 12.1 Å². The van der Waals surface area contributed by atoms with Crippen LogP contribution in [-0.4, -0.2) is 11.1 Å². The molecule has 0 saturated carbocycles. The van der Waals surface area contributed by atoms with Crippen LogP contribution >= 0.6 is 0 Å². The van der Waals surface area contributed by atoms with E-state index in [0.29, 0.717) is 12.0 Å². The van der Waals surface area contributed by atoms with E-state index in [1.807, 2.05) is 6.92 Å². The van der Waals surface area contributed by atoms with Crippen molar-refractivity contribution in [2.45, 2.75) is 32.9 Å². The fourth-order valence-corrected chi connectivity index (χ4v) is 1.47. The lowest BCUT2D eigenvalue weighted by atomic mass is 9.99. The van der Waals surface area contributed by atoms with Gasteiger partial charge in [0.25, 0.3) is 0 Å². The Hall–Kier alpha value is -0.930. The van der Waals surface area contributed by atoms with Crippen LogP contribution in [0.5, 0.6) is 0 Å². The molecule has 0 fully saturated rings. The normalized spacial score (nSPS) is 12.9. The second kappa shape index (κ2) is 4.53. The summed E-state index contributed by atoms with van der Waals surface area (Å²) in [5.41, 5.74) is 7.75. The lowest BCUT2D eigenvalue weighted by molar-refractivity contribution is 0.280. The first-order valence-electron chi connectivity index (χ1n) is 4.69. The van der Waals surface area contributed by atoms with Crippen molar-refractivity contribution in [1.82, 2.24) is 0 Å². The van der Waals surface area contributed by atoms with E-state index in [2.05, 4.69) is 0 Å². The SMILES string of the molecule is Cc1cc(CO)c(C[C@@H](C)N)cc1F. The molecular formula is C11H16FNO. The van der Waals surface area contributed by atoms with Crippen molar-refractivity contribution in [3.8, 4) is 0 Å². The van der Waals surface area contributed by atoms with Gasteiger partial charge in [0, 0.05) is 6.04 Å². The molecule has 0 spiro atoms. The summed E-state index contributed by atoms with van der Waals surface area (Å²) >= 11 is 0. The number of benzene rings is 1. The van der Waals surface area contributed by atoms with E-state index in [-0.39, 0.29) is 18.5 Å². The van der Waals surface area contributed by atoms with Gasteiger partial charge in [-0.25, -0.2) is 4.39 Å². The Balaban J connectivity index is 3.07. The standard InChI is InChI=1S/C11H16FNO/c1-7-3-10(6-14)9(4-8(2)13)5-11(7)12/h3,5,8,14H,4,6,13H2,1-2H3/t8-/m1/s1.